The predicted octanol–water partition coefficient (Wildman–Crippen LogP) is 3.78. The molecule has 0 radical (unpaired) electrons. The molecule has 0 aliphatic carbocycles. The average Bonchev–Trinajstić information content (AvgIpc) is 2.29. The van der Waals surface area contributed by atoms with Gasteiger partial charge in [0.05, 0.1) is 5.02 Å². The van der Waals surface area contributed by atoms with Gasteiger partial charge in [-0.2, -0.15) is 0 Å². The summed E-state index contributed by atoms with van der Waals surface area (Å²) in [5.41, 5.74) is 2.08. The van der Waals surface area contributed by atoms with E-state index in [0.717, 1.165) is 16.6 Å². The van der Waals surface area contributed by atoms with Crippen molar-refractivity contribution in [1.29, 1.82) is 0 Å². The number of hydrogen-bond acceptors (Lipinski definition) is 0. The molecule has 2 aromatic rings. The Morgan fingerprint density at radius 1 is 1.17 bits per heavy atom. The molecule has 12 heavy (non-hydrogen) atoms. The van der Waals surface area contributed by atoms with Gasteiger partial charge in [0, 0.05) is 21.6 Å². The minimum absolute atomic E-state index is 0.661. The second-order valence-electron chi connectivity index (χ2n) is 2.80. The Morgan fingerprint density at radius 2 is 1.92 bits per heavy atom. The zero-order valence-corrected chi connectivity index (χ0v) is 8.00. The molecular weight excluding hydrogens is 193 g/mol. The van der Waals surface area contributed by atoms with Crippen LogP contribution in [0.1, 0.15) is 5.69 Å². The summed E-state index contributed by atoms with van der Waals surface area (Å²) in [7, 11) is 0. The summed E-state index contributed by atoms with van der Waals surface area (Å²) >= 11 is 11.8. The molecule has 0 aliphatic rings. The van der Waals surface area contributed by atoms with Gasteiger partial charge in [-0.05, 0) is 25.1 Å². The third-order valence-corrected chi connectivity index (χ3v) is 2.32. The second-order valence-corrected chi connectivity index (χ2v) is 3.64. The first-order valence-corrected chi connectivity index (χ1v) is 4.37. The van der Waals surface area contributed by atoms with Gasteiger partial charge in [0.25, 0.3) is 0 Å². The molecule has 2 rings (SSSR count). The van der Waals surface area contributed by atoms with Crippen LogP contribution in [0.3, 0.4) is 0 Å². The number of aromatic nitrogens is 1. The summed E-state index contributed by atoms with van der Waals surface area (Å²) in [5, 5.41) is 2.38. The molecule has 0 saturated carbocycles. The van der Waals surface area contributed by atoms with Crippen LogP contribution in [0, 0.1) is 6.92 Å². The molecule has 1 N–H and O–H groups in total. The number of halogens is 2. The fraction of sp³-hybridized carbons (Fsp3) is 0.111. The highest BCUT2D eigenvalue weighted by atomic mass is 35.5. The van der Waals surface area contributed by atoms with E-state index in [9.17, 15) is 0 Å². The van der Waals surface area contributed by atoms with Crippen LogP contribution >= 0.6 is 23.2 Å². The molecule has 1 aromatic heterocycles. The van der Waals surface area contributed by atoms with E-state index in [4.69, 9.17) is 23.2 Å². The minimum atomic E-state index is 0.661. The number of H-pyrrole nitrogens is 1. The molecule has 1 aromatic carbocycles. The van der Waals surface area contributed by atoms with Gasteiger partial charge >= 0.3 is 0 Å². The van der Waals surface area contributed by atoms with Crippen LogP contribution in [0.15, 0.2) is 18.2 Å². The molecule has 0 saturated heterocycles. The maximum Gasteiger partial charge on any atom is 0.0514 e. The smallest absolute Gasteiger partial charge is 0.0514 e. The summed E-state index contributed by atoms with van der Waals surface area (Å²) in [6.07, 6.45) is 0. The maximum absolute atomic E-state index is 5.97. The normalized spacial score (nSPS) is 10.9. The first-order valence-electron chi connectivity index (χ1n) is 3.61. The van der Waals surface area contributed by atoms with Crippen molar-refractivity contribution < 1.29 is 0 Å². The van der Waals surface area contributed by atoms with Crippen LogP contribution in [0.2, 0.25) is 10.0 Å². The highest BCUT2D eigenvalue weighted by molar-refractivity contribution is 6.38. The summed E-state index contributed by atoms with van der Waals surface area (Å²) in [4.78, 5) is 3.17. The Labute approximate surface area is 80.3 Å². The largest absolute Gasteiger partial charge is 0.359 e. The Kier molecular flexibility index (Phi) is 1.78. The number of aryl methyl sites for hydroxylation is 1. The lowest BCUT2D eigenvalue weighted by Gasteiger charge is -1.94. The first kappa shape index (κ1) is 7.96. The van der Waals surface area contributed by atoms with Gasteiger partial charge in [0.15, 0.2) is 0 Å². The van der Waals surface area contributed by atoms with E-state index in [1.165, 1.54) is 0 Å². The predicted molar refractivity (Wildman–Crippen MR) is 53.1 cm³/mol. The van der Waals surface area contributed by atoms with E-state index in [0.29, 0.717) is 10.0 Å². The fourth-order valence-corrected chi connectivity index (χ4v) is 1.85. The van der Waals surface area contributed by atoms with E-state index in [2.05, 4.69) is 4.98 Å². The fourth-order valence-electron chi connectivity index (χ4n) is 1.30. The van der Waals surface area contributed by atoms with Gasteiger partial charge in [-0.1, -0.05) is 23.2 Å². The van der Waals surface area contributed by atoms with Crippen LogP contribution in [0.5, 0.6) is 0 Å². The molecule has 0 amide bonds. The molecule has 0 atom stereocenters. The average molecular weight is 200 g/mol. The van der Waals surface area contributed by atoms with Crippen molar-refractivity contribution in [1.82, 2.24) is 4.98 Å². The number of benzene rings is 1. The second kappa shape index (κ2) is 2.68. The molecule has 0 spiro atoms. The summed E-state index contributed by atoms with van der Waals surface area (Å²) in [6, 6.07) is 5.63. The third-order valence-electron chi connectivity index (χ3n) is 1.79. The molecule has 62 valence electrons. The van der Waals surface area contributed by atoms with Crippen molar-refractivity contribution in [3.63, 3.8) is 0 Å². The monoisotopic (exact) mass is 199 g/mol. The topological polar surface area (TPSA) is 15.8 Å². The Bertz CT molecular complexity index is 431. The molecular formula is C9H7Cl2N. The maximum atomic E-state index is 5.97. The molecule has 0 unspecified atom stereocenters. The molecule has 0 fully saturated rings. The Morgan fingerprint density at radius 3 is 2.67 bits per heavy atom. The van der Waals surface area contributed by atoms with E-state index in [-0.39, 0.29) is 0 Å². The number of hydrogen-bond donors (Lipinski definition) is 1. The Balaban J connectivity index is 2.88. The number of fused-ring (bicyclic) bond motifs is 1. The zero-order valence-electron chi connectivity index (χ0n) is 6.49. The van der Waals surface area contributed by atoms with E-state index >= 15 is 0 Å². The lowest BCUT2D eigenvalue weighted by atomic mass is 10.2. The molecule has 3 heteroatoms. The van der Waals surface area contributed by atoms with Crippen molar-refractivity contribution in [2.75, 3.05) is 0 Å². The third kappa shape index (κ3) is 1.19. The van der Waals surface area contributed by atoms with Crippen molar-refractivity contribution in [2.24, 2.45) is 0 Å². The van der Waals surface area contributed by atoms with Crippen LogP contribution in [0.25, 0.3) is 10.9 Å². The van der Waals surface area contributed by atoms with Crippen molar-refractivity contribution in [3.8, 4) is 0 Å². The number of rotatable bonds is 0. The summed E-state index contributed by atoms with van der Waals surface area (Å²) < 4.78 is 0. The van der Waals surface area contributed by atoms with Crippen LogP contribution in [-0.4, -0.2) is 4.98 Å². The van der Waals surface area contributed by atoms with Crippen molar-refractivity contribution >= 4 is 34.1 Å². The van der Waals surface area contributed by atoms with E-state index in [1.807, 2.05) is 19.1 Å². The van der Waals surface area contributed by atoms with E-state index in [1.54, 1.807) is 6.07 Å². The molecule has 0 aliphatic heterocycles. The van der Waals surface area contributed by atoms with Gasteiger partial charge in [-0.25, -0.2) is 0 Å². The molecule has 1 nitrogen and oxygen atoms in total. The minimum Gasteiger partial charge on any atom is -0.359 e. The molecule has 1 heterocycles. The zero-order chi connectivity index (χ0) is 8.72. The van der Waals surface area contributed by atoms with E-state index < -0.39 is 0 Å². The van der Waals surface area contributed by atoms with Crippen LogP contribution in [-0.2, 0) is 0 Å². The number of aromatic amines is 1. The highest BCUT2D eigenvalue weighted by Gasteiger charge is 2.02. The highest BCUT2D eigenvalue weighted by Crippen LogP contribution is 2.27. The summed E-state index contributed by atoms with van der Waals surface area (Å²) in [6.45, 7) is 1.99. The van der Waals surface area contributed by atoms with Crippen molar-refractivity contribution in [2.45, 2.75) is 6.92 Å². The Hall–Kier alpha value is -0.660. The van der Waals surface area contributed by atoms with Gasteiger partial charge < -0.3 is 4.98 Å². The van der Waals surface area contributed by atoms with Crippen LogP contribution in [0.4, 0.5) is 0 Å². The van der Waals surface area contributed by atoms with Gasteiger partial charge in [0.2, 0.25) is 0 Å². The standard InChI is InChI=1S/C9H7Cl2N/c1-5-2-7-8(11)3-6(10)4-9(7)12-5/h2-4,12H,1H3. The quantitative estimate of drug-likeness (QED) is 0.665. The van der Waals surface area contributed by atoms with Gasteiger partial charge in [0.1, 0.15) is 0 Å². The van der Waals surface area contributed by atoms with Crippen molar-refractivity contribution in [3.05, 3.63) is 33.9 Å². The first-order chi connectivity index (χ1) is 5.66. The summed E-state index contributed by atoms with van der Waals surface area (Å²) in [5.74, 6) is 0. The van der Waals surface area contributed by atoms with Gasteiger partial charge in [-0.3, -0.25) is 0 Å². The number of nitrogens with one attached hydrogen (secondary N) is 1. The lowest BCUT2D eigenvalue weighted by molar-refractivity contribution is 1.30. The lowest BCUT2D eigenvalue weighted by Crippen LogP contribution is -1.70. The van der Waals surface area contributed by atoms with Gasteiger partial charge in [-0.15, -0.1) is 0 Å². The SMILES string of the molecule is Cc1cc2c(Cl)cc(Cl)cc2[nH]1. The van der Waals surface area contributed by atoms with Crippen LogP contribution < -0.4 is 0 Å². The molecule has 0 bridgehead atoms.